The Morgan fingerprint density at radius 2 is 2.00 bits per heavy atom. The van der Waals surface area contributed by atoms with Gasteiger partial charge >= 0.3 is 0 Å². The molecule has 0 fully saturated rings. The summed E-state index contributed by atoms with van der Waals surface area (Å²) in [4.78, 5) is 4.40. The first-order valence-corrected chi connectivity index (χ1v) is 5.53. The highest BCUT2D eigenvalue weighted by Crippen LogP contribution is 2.25. The molecule has 0 saturated heterocycles. The van der Waals surface area contributed by atoms with Gasteiger partial charge in [0.05, 0.1) is 5.69 Å². The highest BCUT2D eigenvalue weighted by molar-refractivity contribution is 6.33. The zero-order valence-electron chi connectivity index (χ0n) is 9.07. The number of hydrogen-bond acceptors (Lipinski definition) is 2. The molecule has 82 valence electrons. The van der Waals surface area contributed by atoms with E-state index in [0.29, 0.717) is 0 Å². The Morgan fingerprint density at radius 3 is 2.62 bits per heavy atom. The third kappa shape index (κ3) is 2.40. The van der Waals surface area contributed by atoms with Crippen LogP contribution in [0.4, 0.5) is 0 Å². The van der Waals surface area contributed by atoms with E-state index in [4.69, 9.17) is 11.6 Å². The van der Waals surface area contributed by atoms with E-state index in [-0.39, 0.29) is 0 Å². The van der Waals surface area contributed by atoms with Crippen molar-refractivity contribution in [2.75, 3.05) is 7.05 Å². The minimum Gasteiger partial charge on any atom is -0.316 e. The van der Waals surface area contributed by atoms with Gasteiger partial charge in [0.2, 0.25) is 0 Å². The van der Waals surface area contributed by atoms with Crippen LogP contribution < -0.4 is 5.32 Å². The maximum atomic E-state index is 6.11. The van der Waals surface area contributed by atoms with Crippen LogP contribution >= 0.6 is 11.6 Å². The first-order chi connectivity index (χ1) is 7.81. The second-order valence-electron chi connectivity index (χ2n) is 3.56. The zero-order valence-corrected chi connectivity index (χ0v) is 9.83. The van der Waals surface area contributed by atoms with Crippen LogP contribution in [-0.2, 0) is 6.54 Å². The predicted molar refractivity (Wildman–Crippen MR) is 67.4 cm³/mol. The number of aromatic nitrogens is 1. The molecule has 0 amide bonds. The average Bonchev–Trinajstić information content (AvgIpc) is 2.31. The smallest absolute Gasteiger partial charge is 0.0717 e. The maximum absolute atomic E-state index is 6.11. The Bertz CT molecular complexity index is 466. The van der Waals surface area contributed by atoms with Gasteiger partial charge in [-0.05, 0) is 24.7 Å². The van der Waals surface area contributed by atoms with E-state index < -0.39 is 0 Å². The fourth-order valence-electron chi connectivity index (χ4n) is 1.56. The minimum atomic E-state index is 0.733. The fraction of sp³-hybridized carbons (Fsp3) is 0.154. The van der Waals surface area contributed by atoms with Crippen molar-refractivity contribution in [1.82, 2.24) is 10.3 Å². The first kappa shape index (κ1) is 11.1. The number of pyridine rings is 1. The third-order valence-corrected chi connectivity index (χ3v) is 2.69. The SMILES string of the molecule is CNCc1ccc(-c2ccccc2Cl)nc1. The maximum Gasteiger partial charge on any atom is 0.0717 e. The summed E-state index contributed by atoms with van der Waals surface area (Å²) < 4.78 is 0. The molecule has 2 rings (SSSR count). The van der Waals surface area contributed by atoms with Crippen molar-refractivity contribution < 1.29 is 0 Å². The molecule has 16 heavy (non-hydrogen) atoms. The molecular weight excluding hydrogens is 220 g/mol. The van der Waals surface area contributed by atoms with Crippen molar-refractivity contribution in [3.05, 3.63) is 53.2 Å². The van der Waals surface area contributed by atoms with Crippen molar-refractivity contribution in [2.45, 2.75) is 6.54 Å². The predicted octanol–water partition coefficient (Wildman–Crippen LogP) is 3.12. The van der Waals surface area contributed by atoms with Crippen molar-refractivity contribution in [3.63, 3.8) is 0 Å². The summed E-state index contributed by atoms with van der Waals surface area (Å²) in [6, 6.07) is 11.8. The van der Waals surface area contributed by atoms with E-state index in [1.54, 1.807) is 0 Å². The van der Waals surface area contributed by atoms with E-state index in [1.165, 1.54) is 5.56 Å². The largest absolute Gasteiger partial charge is 0.316 e. The minimum absolute atomic E-state index is 0.733. The summed E-state index contributed by atoms with van der Waals surface area (Å²) in [6.45, 7) is 0.829. The van der Waals surface area contributed by atoms with E-state index in [9.17, 15) is 0 Å². The van der Waals surface area contributed by atoms with Crippen LogP contribution in [0.5, 0.6) is 0 Å². The molecule has 1 heterocycles. The normalized spacial score (nSPS) is 10.4. The van der Waals surface area contributed by atoms with Gasteiger partial charge in [-0.1, -0.05) is 35.9 Å². The summed E-state index contributed by atoms with van der Waals surface area (Å²) in [6.07, 6.45) is 1.87. The summed E-state index contributed by atoms with van der Waals surface area (Å²) in [5.74, 6) is 0. The summed E-state index contributed by atoms with van der Waals surface area (Å²) in [5, 5.41) is 3.82. The van der Waals surface area contributed by atoms with Gasteiger partial charge in [-0.15, -0.1) is 0 Å². The van der Waals surface area contributed by atoms with Gasteiger partial charge in [0.1, 0.15) is 0 Å². The van der Waals surface area contributed by atoms with Gasteiger partial charge in [0.25, 0.3) is 0 Å². The molecule has 3 heteroatoms. The zero-order chi connectivity index (χ0) is 11.4. The van der Waals surface area contributed by atoms with Gasteiger partial charge in [-0.3, -0.25) is 4.98 Å². The van der Waals surface area contributed by atoms with E-state index >= 15 is 0 Å². The lowest BCUT2D eigenvalue weighted by atomic mass is 10.1. The number of halogens is 1. The Labute approximate surface area is 100 Å². The van der Waals surface area contributed by atoms with Crippen molar-refractivity contribution >= 4 is 11.6 Å². The van der Waals surface area contributed by atoms with Gasteiger partial charge in [-0.2, -0.15) is 0 Å². The molecule has 0 aliphatic heterocycles. The Morgan fingerprint density at radius 1 is 1.19 bits per heavy atom. The van der Waals surface area contributed by atoms with Crippen LogP contribution in [0.2, 0.25) is 5.02 Å². The summed E-state index contributed by atoms with van der Waals surface area (Å²) >= 11 is 6.11. The van der Waals surface area contributed by atoms with Crippen molar-refractivity contribution in [3.8, 4) is 11.3 Å². The van der Waals surface area contributed by atoms with Crippen LogP contribution in [0, 0.1) is 0 Å². The Kier molecular flexibility index (Phi) is 3.54. The third-order valence-electron chi connectivity index (χ3n) is 2.36. The van der Waals surface area contributed by atoms with Crippen LogP contribution in [0.25, 0.3) is 11.3 Å². The first-order valence-electron chi connectivity index (χ1n) is 5.15. The summed E-state index contributed by atoms with van der Waals surface area (Å²) in [5.41, 5.74) is 3.05. The van der Waals surface area contributed by atoms with Gasteiger partial charge < -0.3 is 5.32 Å². The highest BCUT2D eigenvalue weighted by Gasteiger charge is 2.03. The van der Waals surface area contributed by atoms with Crippen LogP contribution in [0.15, 0.2) is 42.6 Å². The molecule has 0 spiro atoms. The van der Waals surface area contributed by atoms with Crippen molar-refractivity contribution in [2.24, 2.45) is 0 Å². The second kappa shape index (κ2) is 5.10. The molecule has 0 radical (unpaired) electrons. The lowest BCUT2D eigenvalue weighted by Crippen LogP contribution is -2.05. The lowest BCUT2D eigenvalue weighted by molar-refractivity contribution is 0.813. The number of benzene rings is 1. The van der Waals surface area contributed by atoms with Gasteiger partial charge in [-0.25, -0.2) is 0 Å². The molecule has 0 atom stereocenters. The molecule has 1 N–H and O–H groups in total. The van der Waals surface area contributed by atoms with E-state index in [2.05, 4.69) is 16.4 Å². The molecule has 0 bridgehead atoms. The fourth-order valence-corrected chi connectivity index (χ4v) is 1.79. The number of hydrogen-bond donors (Lipinski definition) is 1. The number of nitrogens with one attached hydrogen (secondary N) is 1. The van der Waals surface area contributed by atoms with Gasteiger partial charge in [0, 0.05) is 23.3 Å². The van der Waals surface area contributed by atoms with Crippen molar-refractivity contribution in [1.29, 1.82) is 0 Å². The quantitative estimate of drug-likeness (QED) is 0.880. The molecule has 0 unspecified atom stereocenters. The molecule has 0 aliphatic carbocycles. The Hall–Kier alpha value is -1.38. The molecule has 1 aromatic heterocycles. The van der Waals surface area contributed by atoms with E-state index in [0.717, 1.165) is 22.8 Å². The van der Waals surface area contributed by atoms with Gasteiger partial charge in [0.15, 0.2) is 0 Å². The standard InChI is InChI=1S/C13H13ClN2/c1-15-8-10-6-7-13(16-9-10)11-4-2-3-5-12(11)14/h2-7,9,15H,8H2,1H3. The monoisotopic (exact) mass is 232 g/mol. The Balaban J connectivity index is 2.31. The molecule has 0 saturated carbocycles. The second-order valence-corrected chi connectivity index (χ2v) is 3.97. The molecular formula is C13H13ClN2. The topological polar surface area (TPSA) is 24.9 Å². The molecule has 2 nitrogen and oxygen atoms in total. The van der Waals surface area contributed by atoms with Crippen LogP contribution in [-0.4, -0.2) is 12.0 Å². The van der Waals surface area contributed by atoms with Crippen LogP contribution in [0.1, 0.15) is 5.56 Å². The van der Waals surface area contributed by atoms with E-state index in [1.807, 2.05) is 43.6 Å². The molecule has 2 aromatic rings. The average molecular weight is 233 g/mol. The molecule has 1 aromatic carbocycles. The summed E-state index contributed by atoms with van der Waals surface area (Å²) in [7, 11) is 1.92. The number of rotatable bonds is 3. The molecule has 0 aliphatic rings. The highest BCUT2D eigenvalue weighted by atomic mass is 35.5. The lowest BCUT2D eigenvalue weighted by Gasteiger charge is -2.04. The number of nitrogens with zero attached hydrogens (tertiary/aromatic N) is 1. The van der Waals surface area contributed by atoms with Crippen LogP contribution in [0.3, 0.4) is 0 Å².